The Morgan fingerprint density at radius 3 is 2.85 bits per heavy atom. The molecule has 1 amide bonds. The summed E-state index contributed by atoms with van der Waals surface area (Å²) in [4.78, 5) is 21.9. The van der Waals surface area contributed by atoms with E-state index in [2.05, 4.69) is 31.2 Å². The summed E-state index contributed by atoms with van der Waals surface area (Å²) in [5.41, 5.74) is 1.68. The Balaban J connectivity index is 0.00000147. The summed E-state index contributed by atoms with van der Waals surface area (Å²) in [6.45, 7) is 0. The van der Waals surface area contributed by atoms with Crippen LogP contribution in [0.1, 0.15) is 33.8 Å². The highest BCUT2D eigenvalue weighted by molar-refractivity contribution is 9.10. The smallest absolute Gasteiger partial charge is 0.259 e. The molecular formula is C13H13BrClN3OS. The van der Waals surface area contributed by atoms with E-state index in [0.29, 0.717) is 10.7 Å². The number of nitrogens with zero attached hydrogens (tertiary/aromatic N) is 2. The zero-order valence-corrected chi connectivity index (χ0v) is 13.8. The van der Waals surface area contributed by atoms with E-state index in [1.54, 1.807) is 29.8 Å². The molecular weight excluding hydrogens is 362 g/mol. The largest absolute Gasteiger partial charge is 0.298 e. The van der Waals surface area contributed by atoms with Crippen molar-refractivity contribution in [3.63, 3.8) is 0 Å². The van der Waals surface area contributed by atoms with Gasteiger partial charge in [-0.15, -0.1) is 23.7 Å². The van der Waals surface area contributed by atoms with Crippen molar-refractivity contribution in [2.75, 3.05) is 5.32 Å². The SMILES string of the molecule is Cl.O=C(Nc1nc2c(s1)CCCC2)c1cncc(Br)c1. The summed E-state index contributed by atoms with van der Waals surface area (Å²) in [6.07, 6.45) is 7.73. The first-order chi connectivity index (χ1) is 9.22. The maximum Gasteiger partial charge on any atom is 0.259 e. The highest BCUT2D eigenvalue weighted by Gasteiger charge is 2.16. The maximum absolute atomic E-state index is 12.1. The van der Waals surface area contributed by atoms with Crippen LogP contribution in [0.2, 0.25) is 0 Å². The van der Waals surface area contributed by atoms with Crippen molar-refractivity contribution in [3.8, 4) is 0 Å². The minimum atomic E-state index is -0.167. The summed E-state index contributed by atoms with van der Waals surface area (Å²) in [7, 11) is 0. The van der Waals surface area contributed by atoms with Crippen LogP contribution in [0.25, 0.3) is 0 Å². The minimum absolute atomic E-state index is 0. The first-order valence-electron chi connectivity index (χ1n) is 6.13. The van der Waals surface area contributed by atoms with Crippen LogP contribution in [0.4, 0.5) is 5.13 Å². The number of thiazole rings is 1. The minimum Gasteiger partial charge on any atom is -0.298 e. The number of pyridine rings is 1. The Morgan fingerprint density at radius 2 is 2.10 bits per heavy atom. The summed E-state index contributed by atoms with van der Waals surface area (Å²) < 4.78 is 0.790. The van der Waals surface area contributed by atoms with Crippen LogP contribution >= 0.6 is 39.7 Å². The van der Waals surface area contributed by atoms with E-state index in [4.69, 9.17) is 0 Å². The van der Waals surface area contributed by atoms with Crippen molar-refractivity contribution in [3.05, 3.63) is 39.1 Å². The highest BCUT2D eigenvalue weighted by atomic mass is 79.9. The molecule has 0 bridgehead atoms. The molecule has 3 rings (SSSR count). The molecule has 2 aromatic rings. The van der Waals surface area contributed by atoms with Gasteiger partial charge in [-0.3, -0.25) is 15.1 Å². The number of halogens is 2. The fourth-order valence-corrected chi connectivity index (χ4v) is 3.52. The third-order valence-corrected chi connectivity index (χ3v) is 4.54. The van der Waals surface area contributed by atoms with Gasteiger partial charge < -0.3 is 0 Å². The zero-order chi connectivity index (χ0) is 13.2. The molecule has 0 spiro atoms. The fourth-order valence-electron chi connectivity index (χ4n) is 2.11. The maximum atomic E-state index is 12.1. The topological polar surface area (TPSA) is 54.9 Å². The molecule has 0 aliphatic heterocycles. The lowest BCUT2D eigenvalue weighted by Gasteiger charge is -2.06. The Labute approximate surface area is 135 Å². The van der Waals surface area contributed by atoms with Crippen molar-refractivity contribution in [1.29, 1.82) is 0 Å². The Kier molecular flexibility index (Phi) is 5.12. The van der Waals surface area contributed by atoms with Gasteiger partial charge in [0, 0.05) is 21.7 Å². The first-order valence-corrected chi connectivity index (χ1v) is 7.74. The van der Waals surface area contributed by atoms with Crippen LogP contribution in [-0.2, 0) is 12.8 Å². The summed E-state index contributed by atoms with van der Waals surface area (Å²) in [5, 5.41) is 3.54. The molecule has 0 saturated carbocycles. The van der Waals surface area contributed by atoms with Crippen molar-refractivity contribution in [2.24, 2.45) is 0 Å². The quantitative estimate of drug-likeness (QED) is 0.868. The molecule has 1 N–H and O–H groups in total. The van der Waals surface area contributed by atoms with Gasteiger partial charge >= 0.3 is 0 Å². The molecule has 7 heteroatoms. The van der Waals surface area contributed by atoms with E-state index in [1.807, 2.05) is 0 Å². The molecule has 1 aliphatic rings. The standard InChI is InChI=1S/C13H12BrN3OS.ClH/c14-9-5-8(6-15-7-9)12(18)17-13-16-10-3-1-2-4-11(10)19-13;/h5-7H,1-4H2,(H,16,17,18);1H. The van der Waals surface area contributed by atoms with Gasteiger partial charge in [0.15, 0.2) is 5.13 Å². The van der Waals surface area contributed by atoms with Crippen molar-refractivity contribution in [1.82, 2.24) is 9.97 Å². The van der Waals surface area contributed by atoms with Gasteiger partial charge in [-0.1, -0.05) is 0 Å². The Hall–Kier alpha value is -0.980. The third-order valence-electron chi connectivity index (χ3n) is 3.03. The van der Waals surface area contributed by atoms with Crippen LogP contribution in [0.3, 0.4) is 0 Å². The van der Waals surface area contributed by atoms with E-state index in [0.717, 1.165) is 23.0 Å². The molecule has 106 valence electrons. The van der Waals surface area contributed by atoms with Crippen LogP contribution in [0.15, 0.2) is 22.9 Å². The van der Waals surface area contributed by atoms with Crippen LogP contribution in [0.5, 0.6) is 0 Å². The van der Waals surface area contributed by atoms with E-state index >= 15 is 0 Å². The molecule has 20 heavy (non-hydrogen) atoms. The number of aromatic nitrogens is 2. The second-order valence-corrected chi connectivity index (χ2v) is 6.44. The van der Waals surface area contributed by atoms with E-state index in [1.165, 1.54) is 17.7 Å². The summed E-state index contributed by atoms with van der Waals surface area (Å²) in [5.74, 6) is -0.167. The predicted molar refractivity (Wildman–Crippen MR) is 85.9 cm³/mol. The molecule has 2 aromatic heterocycles. The number of anilines is 1. The first kappa shape index (κ1) is 15.4. The van der Waals surface area contributed by atoms with Crippen LogP contribution < -0.4 is 5.32 Å². The number of carbonyl (C=O) groups excluding carboxylic acids is 1. The lowest BCUT2D eigenvalue weighted by atomic mass is 10.0. The number of hydrogen-bond acceptors (Lipinski definition) is 4. The summed E-state index contributed by atoms with van der Waals surface area (Å²) in [6, 6.07) is 1.75. The Bertz CT molecular complexity index is 608. The molecule has 0 saturated heterocycles. The fraction of sp³-hybridized carbons (Fsp3) is 0.308. The predicted octanol–water partition coefficient (Wildman–Crippen LogP) is 3.85. The molecule has 0 radical (unpaired) electrons. The van der Waals surface area contributed by atoms with Gasteiger partial charge in [-0.05, 0) is 47.7 Å². The average molecular weight is 375 g/mol. The molecule has 0 unspecified atom stereocenters. The second-order valence-electron chi connectivity index (χ2n) is 4.44. The van der Waals surface area contributed by atoms with Crippen molar-refractivity contribution in [2.45, 2.75) is 25.7 Å². The molecule has 0 atom stereocenters. The lowest BCUT2D eigenvalue weighted by molar-refractivity contribution is 0.102. The van der Waals surface area contributed by atoms with Crippen molar-refractivity contribution >= 4 is 50.7 Å². The lowest BCUT2D eigenvalue weighted by Crippen LogP contribution is -2.12. The monoisotopic (exact) mass is 373 g/mol. The van der Waals surface area contributed by atoms with Crippen molar-refractivity contribution < 1.29 is 4.79 Å². The van der Waals surface area contributed by atoms with Gasteiger partial charge in [0.1, 0.15) is 0 Å². The molecule has 1 aliphatic carbocycles. The highest BCUT2D eigenvalue weighted by Crippen LogP contribution is 2.29. The number of hydrogen-bond donors (Lipinski definition) is 1. The van der Waals surface area contributed by atoms with E-state index < -0.39 is 0 Å². The van der Waals surface area contributed by atoms with Gasteiger partial charge in [0.25, 0.3) is 5.91 Å². The number of fused-ring (bicyclic) bond motifs is 1. The zero-order valence-electron chi connectivity index (χ0n) is 10.6. The van der Waals surface area contributed by atoms with E-state index in [9.17, 15) is 4.79 Å². The molecule has 4 nitrogen and oxygen atoms in total. The Morgan fingerprint density at radius 1 is 1.30 bits per heavy atom. The van der Waals surface area contributed by atoms with Gasteiger partial charge in [0.05, 0.1) is 11.3 Å². The summed E-state index contributed by atoms with van der Waals surface area (Å²) >= 11 is 4.89. The molecule has 0 fully saturated rings. The number of amides is 1. The van der Waals surface area contributed by atoms with Gasteiger partial charge in [0.2, 0.25) is 0 Å². The number of nitrogens with one attached hydrogen (secondary N) is 1. The molecule has 0 aromatic carbocycles. The average Bonchev–Trinajstić information content (AvgIpc) is 2.80. The second kappa shape index (κ2) is 6.65. The van der Waals surface area contributed by atoms with Crippen LogP contribution in [0, 0.1) is 0 Å². The van der Waals surface area contributed by atoms with Crippen LogP contribution in [-0.4, -0.2) is 15.9 Å². The number of carbonyl (C=O) groups is 1. The molecule has 2 heterocycles. The van der Waals surface area contributed by atoms with Gasteiger partial charge in [-0.2, -0.15) is 0 Å². The number of rotatable bonds is 2. The number of aryl methyl sites for hydroxylation is 2. The van der Waals surface area contributed by atoms with Gasteiger partial charge in [-0.25, -0.2) is 4.98 Å². The third kappa shape index (κ3) is 3.37. The van der Waals surface area contributed by atoms with E-state index in [-0.39, 0.29) is 18.3 Å². The normalized spacial score (nSPS) is 13.2.